The van der Waals surface area contributed by atoms with E-state index in [1.54, 1.807) is 42.4 Å². The summed E-state index contributed by atoms with van der Waals surface area (Å²) in [4.78, 5) is 20.0. The van der Waals surface area contributed by atoms with Crippen molar-refractivity contribution in [1.82, 2.24) is 4.90 Å². The minimum Gasteiger partial charge on any atom is -0.497 e. The molecule has 0 aliphatic carbocycles. The molecule has 0 atom stereocenters. The quantitative estimate of drug-likeness (QED) is 0.249. The Hall–Kier alpha value is -3.30. The molecule has 6 nitrogen and oxygen atoms in total. The van der Waals surface area contributed by atoms with Crippen LogP contribution in [-0.2, 0) is 11.4 Å². The van der Waals surface area contributed by atoms with Gasteiger partial charge in [-0.3, -0.25) is 9.69 Å². The van der Waals surface area contributed by atoms with Gasteiger partial charge in [0.15, 0.2) is 16.7 Å². The number of ether oxygens (including phenoxy) is 3. The lowest BCUT2D eigenvalue weighted by molar-refractivity contribution is -0.122. The van der Waals surface area contributed by atoms with Crippen LogP contribution in [0.5, 0.6) is 17.2 Å². The molecule has 0 spiro atoms. The van der Waals surface area contributed by atoms with Crippen molar-refractivity contribution < 1.29 is 23.4 Å². The van der Waals surface area contributed by atoms with Gasteiger partial charge in [-0.2, -0.15) is 0 Å². The van der Waals surface area contributed by atoms with Crippen LogP contribution in [0.25, 0.3) is 6.08 Å². The summed E-state index contributed by atoms with van der Waals surface area (Å²) in [5.41, 5.74) is 1.93. The van der Waals surface area contributed by atoms with Crippen LogP contribution in [-0.4, -0.2) is 36.2 Å². The Bertz CT molecular complexity index is 1340. The average Bonchev–Trinajstić information content (AvgIpc) is 3.18. The maximum Gasteiger partial charge on any atom is 0.266 e. The van der Waals surface area contributed by atoms with Crippen LogP contribution in [0.3, 0.4) is 0 Å². The highest BCUT2D eigenvalue weighted by molar-refractivity contribution is 9.10. The normalized spacial score (nSPS) is 15.5. The van der Waals surface area contributed by atoms with E-state index in [4.69, 9.17) is 14.2 Å². The number of halogens is 2. The van der Waals surface area contributed by atoms with Crippen molar-refractivity contribution in [2.75, 3.05) is 20.3 Å². The van der Waals surface area contributed by atoms with E-state index >= 15 is 0 Å². The number of carbonyl (C=O) groups is 1. The molecule has 1 aliphatic rings. The molecule has 0 saturated carbocycles. The van der Waals surface area contributed by atoms with Crippen molar-refractivity contribution in [3.8, 4) is 17.2 Å². The lowest BCUT2D eigenvalue weighted by Gasteiger charge is -2.15. The fraction of sp³-hybridized carbons (Fsp3) is 0.214. The molecule has 1 amide bonds. The molecule has 3 aromatic carbocycles. The molecule has 0 bridgehead atoms. The predicted molar refractivity (Wildman–Crippen MR) is 149 cm³/mol. The molecule has 3 aromatic rings. The third kappa shape index (κ3) is 6.34. The SMILES string of the molecule is CCOc1cc(/C=C2/SC(=Nc3ccc(OC)cc3)N(CC)C2=O)cc(Br)c1OCc1ccccc1F. The highest BCUT2D eigenvalue weighted by atomic mass is 79.9. The molecule has 4 rings (SSSR count). The van der Waals surface area contributed by atoms with Gasteiger partial charge < -0.3 is 14.2 Å². The van der Waals surface area contributed by atoms with Crippen molar-refractivity contribution in [2.24, 2.45) is 4.99 Å². The van der Waals surface area contributed by atoms with Crippen LogP contribution in [0.2, 0.25) is 0 Å². The van der Waals surface area contributed by atoms with Crippen molar-refractivity contribution in [2.45, 2.75) is 20.5 Å². The van der Waals surface area contributed by atoms with Crippen molar-refractivity contribution in [3.63, 3.8) is 0 Å². The van der Waals surface area contributed by atoms with E-state index in [9.17, 15) is 9.18 Å². The molecule has 9 heteroatoms. The van der Waals surface area contributed by atoms with Crippen LogP contribution >= 0.6 is 27.7 Å². The average molecular weight is 585 g/mol. The molecule has 1 aliphatic heterocycles. The second-order valence-corrected chi connectivity index (χ2v) is 9.76. The largest absolute Gasteiger partial charge is 0.497 e. The lowest BCUT2D eigenvalue weighted by Crippen LogP contribution is -2.28. The topological polar surface area (TPSA) is 60.4 Å². The minimum atomic E-state index is -0.331. The Balaban J connectivity index is 1.60. The summed E-state index contributed by atoms with van der Waals surface area (Å²) in [7, 11) is 1.61. The summed E-state index contributed by atoms with van der Waals surface area (Å²) >= 11 is 4.87. The molecule has 0 N–H and O–H groups in total. The van der Waals surface area contributed by atoms with Crippen molar-refractivity contribution in [1.29, 1.82) is 0 Å². The second-order valence-electron chi connectivity index (χ2n) is 7.90. The number of hydrogen-bond acceptors (Lipinski definition) is 6. The molecule has 192 valence electrons. The molecular weight excluding hydrogens is 559 g/mol. The zero-order valence-electron chi connectivity index (χ0n) is 20.7. The molecule has 1 fully saturated rings. The number of thioether (sulfide) groups is 1. The number of aliphatic imine (C=N–C) groups is 1. The third-order valence-corrected chi connectivity index (χ3v) is 7.06. The molecule has 1 heterocycles. The first kappa shape index (κ1) is 26.8. The highest BCUT2D eigenvalue weighted by Gasteiger charge is 2.32. The van der Waals surface area contributed by atoms with E-state index in [2.05, 4.69) is 20.9 Å². The van der Waals surface area contributed by atoms with E-state index in [0.717, 1.165) is 17.0 Å². The van der Waals surface area contributed by atoms with Crippen LogP contribution in [0, 0.1) is 5.82 Å². The van der Waals surface area contributed by atoms with Crippen LogP contribution < -0.4 is 14.2 Å². The Morgan fingerprint density at radius 1 is 1.08 bits per heavy atom. The van der Waals surface area contributed by atoms with Gasteiger partial charge in [-0.05, 0) is 95.6 Å². The van der Waals surface area contributed by atoms with Crippen LogP contribution in [0.15, 0.2) is 75.0 Å². The van der Waals surface area contributed by atoms with E-state index in [-0.39, 0.29) is 18.3 Å². The number of carbonyl (C=O) groups excluding carboxylic acids is 1. The summed E-state index contributed by atoms with van der Waals surface area (Å²) in [5, 5.41) is 0.609. The van der Waals surface area contributed by atoms with Gasteiger partial charge >= 0.3 is 0 Å². The van der Waals surface area contributed by atoms with Gasteiger partial charge in [0, 0.05) is 12.1 Å². The first-order chi connectivity index (χ1) is 17.9. The molecule has 37 heavy (non-hydrogen) atoms. The molecule has 1 saturated heterocycles. The maximum atomic E-state index is 14.0. The van der Waals surface area contributed by atoms with Gasteiger partial charge in [-0.1, -0.05) is 18.2 Å². The lowest BCUT2D eigenvalue weighted by atomic mass is 10.1. The second kappa shape index (κ2) is 12.3. The van der Waals surface area contributed by atoms with Gasteiger partial charge in [0.25, 0.3) is 5.91 Å². The van der Waals surface area contributed by atoms with E-state index in [1.165, 1.54) is 17.8 Å². The fourth-order valence-electron chi connectivity index (χ4n) is 3.63. The zero-order chi connectivity index (χ0) is 26.4. The Morgan fingerprint density at radius 3 is 2.51 bits per heavy atom. The Labute approximate surface area is 228 Å². The van der Waals surface area contributed by atoms with Gasteiger partial charge in [0.2, 0.25) is 0 Å². The van der Waals surface area contributed by atoms with E-state index < -0.39 is 0 Å². The first-order valence-electron chi connectivity index (χ1n) is 11.7. The van der Waals surface area contributed by atoms with Crippen molar-refractivity contribution >= 4 is 50.5 Å². The zero-order valence-corrected chi connectivity index (χ0v) is 23.1. The van der Waals surface area contributed by atoms with Crippen LogP contribution in [0.1, 0.15) is 25.0 Å². The third-order valence-electron chi connectivity index (χ3n) is 5.46. The number of likely N-dealkylation sites (N-methyl/N-ethyl adjacent to an activating group) is 1. The van der Waals surface area contributed by atoms with Gasteiger partial charge in [0.05, 0.1) is 28.8 Å². The maximum absolute atomic E-state index is 14.0. The smallest absolute Gasteiger partial charge is 0.266 e. The number of amides is 1. The Kier molecular flexibility index (Phi) is 8.89. The van der Waals surface area contributed by atoms with E-state index in [1.807, 2.05) is 44.2 Å². The van der Waals surface area contributed by atoms with Gasteiger partial charge in [-0.15, -0.1) is 0 Å². The summed E-state index contributed by atoms with van der Waals surface area (Å²) in [5.74, 6) is 1.25. The number of amidine groups is 1. The molecule has 0 radical (unpaired) electrons. The summed E-state index contributed by atoms with van der Waals surface area (Å²) in [6, 6.07) is 17.5. The Morgan fingerprint density at radius 2 is 1.84 bits per heavy atom. The summed E-state index contributed by atoms with van der Waals surface area (Å²) in [6.45, 7) is 4.75. The minimum absolute atomic E-state index is 0.0523. The van der Waals surface area contributed by atoms with Crippen molar-refractivity contribution in [3.05, 3.63) is 87.0 Å². The number of hydrogen-bond donors (Lipinski definition) is 0. The van der Waals surface area contributed by atoms with E-state index in [0.29, 0.717) is 44.8 Å². The van der Waals surface area contributed by atoms with Gasteiger partial charge in [0.1, 0.15) is 18.2 Å². The summed E-state index contributed by atoms with van der Waals surface area (Å²) in [6.07, 6.45) is 1.81. The molecule has 0 unspecified atom stereocenters. The van der Waals surface area contributed by atoms with Crippen LogP contribution in [0.4, 0.5) is 10.1 Å². The predicted octanol–water partition coefficient (Wildman–Crippen LogP) is 7.20. The fourth-order valence-corrected chi connectivity index (χ4v) is 5.27. The number of nitrogens with zero attached hydrogens (tertiary/aromatic N) is 2. The molecule has 0 aromatic heterocycles. The number of benzene rings is 3. The standard InChI is InChI=1S/C28H26BrFN2O4S/c1-4-32-27(33)25(37-28(32)31-20-10-12-21(34-3)13-11-20)16-18-14-22(29)26(24(15-18)35-5-2)36-17-19-8-6-7-9-23(19)30/h6-16H,4-5,17H2,1-3H3/b25-16+,31-28?. The number of rotatable bonds is 9. The number of methoxy groups -OCH3 is 1. The highest BCUT2D eigenvalue weighted by Crippen LogP contribution is 2.40. The first-order valence-corrected chi connectivity index (χ1v) is 13.3. The van der Waals surface area contributed by atoms with Gasteiger partial charge in [-0.25, -0.2) is 9.38 Å². The monoisotopic (exact) mass is 584 g/mol. The summed E-state index contributed by atoms with van der Waals surface area (Å²) < 4.78 is 31.6. The molecular formula is C28H26BrFN2O4S.